The first-order chi connectivity index (χ1) is 14.6. The van der Waals surface area contributed by atoms with Crippen molar-refractivity contribution in [3.8, 4) is 5.75 Å². The Labute approximate surface area is 174 Å². The number of tetrazole rings is 1. The second kappa shape index (κ2) is 6.25. The molecule has 2 bridgehead atoms. The SMILES string of the molecule is Oc1ccc(C23CC(C(F)(F)C(O)(Cn4cnnn4)c4ccc(F)cc4F)(C2)C3)cc1. The molecule has 3 aliphatic carbocycles. The van der Waals surface area contributed by atoms with E-state index in [2.05, 4.69) is 15.5 Å². The predicted octanol–water partition coefficient (Wildman–Crippen LogP) is 3.30. The van der Waals surface area contributed by atoms with Crippen molar-refractivity contribution in [1.29, 1.82) is 0 Å². The Morgan fingerprint density at radius 1 is 1.03 bits per heavy atom. The second-order valence-corrected chi connectivity index (χ2v) is 8.70. The van der Waals surface area contributed by atoms with Crippen LogP contribution in [-0.2, 0) is 17.6 Å². The van der Waals surface area contributed by atoms with Gasteiger partial charge in [0.1, 0.15) is 23.7 Å². The van der Waals surface area contributed by atoms with Crippen LogP contribution in [0.2, 0.25) is 0 Å². The highest BCUT2D eigenvalue weighted by molar-refractivity contribution is 5.44. The van der Waals surface area contributed by atoms with Gasteiger partial charge in [-0.1, -0.05) is 12.1 Å². The fourth-order valence-corrected chi connectivity index (χ4v) is 5.35. The Hall–Kier alpha value is -3.01. The normalized spacial score (nSPS) is 26.6. The van der Waals surface area contributed by atoms with Gasteiger partial charge in [-0.2, -0.15) is 0 Å². The number of alkyl halides is 2. The van der Waals surface area contributed by atoms with Crippen molar-refractivity contribution >= 4 is 0 Å². The van der Waals surface area contributed by atoms with Crippen molar-refractivity contribution in [3.05, 3.63) is 71.6 Å². The van der Waals surface area contributed by atoms with Gasteiger partial charge >= 0.3 is 0 Å². The van der Waals surface area contributed by atoms with Crippen molar-refractivity contribution in [2.75, 3.05) is 0 Å². The third kappa shape index (κ3) is 2.63. The Morgan fingerprint density at radius 3 is 2.29 bits per heavy atom. The molecular formula is C21H18F4N4O2. The molecule has 3 saturated carbocycles. The van der Waals surface area contributed by atoms with Gasteiger partial charge in [-0.25, -0.2) is 22.2 Å². The number of benzene rings is 2. The Bertz CT molecular complexity index is 1120. The van der Waals surface area contributed by atoms with E-state index >= 15 is 8.78 Å². The van der Waals surface area contributed by atoms with Gasteiger partial charge in [0.05, 0.1) is 6.54 Å². The maximum Gasteiger partial charge on any atom is 0.287 e. The minimum Gasteiger partial charge on any atom is -0.508 e. The van der Waals surface area contributed by atoms with Crippen molar-refractivity contribution < 1.29 is 27.8 Å². The molecule has 10 heteroatoms. The molecule has 3 aliphatic rings. The summed E-state index contributed by atoms with van der Waals surface area (Å²) < 4.78 is 61.0. The van der Waals surface area contributed by atoms with Gasteiger partial charge in [0.2, 0.25) is 0 Å². The Balaban J connectivity index is 1.52. The van der Waals surface area contributed by atoms with Crippen LogP contribution < -0.4 is 0 Å². The lowest BCUT2D eigenvalue weighted by Gasteiger charge is -2.74. The largest absolute Gasteiger partial charge is 0.508 e. The Morgan fingerprint density at radius 2 is 1.71 bits per heavy atom. The summed E-state index contributed by atoms with van der Waals surface area (Å²) in [5.74, 6) is -5.89. The van der Waals surface area contributed by atoms with Crippen LogP contribution in [-0.4, -0.2) is 36.3 Å². The van der Waals surface area contributed by atoms with Crippen LogP contribution in [0, 0.1) is 17.0 Å². The van der Waals surface area contributed by atoms with E-state index in [1.807, 2.05) is 0 Å². The number of hydrogen-bond acceptors (Lipinski definition) is 5. The van der Waals surface area contributed by atoms with E-state index in [-0.39, 0.29) is 25.0 Å². The number of phenols is 1. The lowest BCUT2D eigenvalue weighted by Crippen LogP contribution is -2.76. The molecule has 3 fully saturated rings. The maximum absolute atomic E-state index is 16.0. The number of halogens is 4. The molecule has 0 spiro atoms. The molecule has 6 rings (SSSR count). The van der Waals surface area contributed by atoms with Crippen molar-refractivity contribution in [2.24, 2.45) is 5.41 Å². The second-order valence-electron chi connectivity index (χ2n) is 8.70. The highest BCUT2D eigenvalue weighted by atomic mass is 19.3. The van der Waals surface area contributed by atoms with Crippen molar-refractivity contribution in [1.82, 2.24) is 20.2 Å². The highest BCUT2D eigenvalue weighted by Gasteiger charge is 2.82. The highest BCUT2D eigenvalue weighted by Crippen LogP contribution is 2.80. The summed E-state index contributed by atoms with van der Waals surface area (Å²) in [6, 6.07) is 8.54. The quantitative estimate of drug-likeness (QED) is 0.582. The van der Waals surface area contributed by atoms with E-state index in [9.17, 15) is 19.0 Å². The molecule has 0 radical (unpaired) electrons. The summed E-state index contributed by atoms with van der Waals surface area (Å²) >= 11 is 0. The van der Waals surface area contributed by atoms with E-state index in [0.717, 1.165) is 28.7 Å². The predicted molar refractivity (Wildman–Crippen MR) is 99.1 cm³/mol. The summed E-state index contributed by atoms with van der Waals surface area (Å²) in [6.45, 7) is -0.802. The molecule has 2 aromatic carbocycles. The number of aromatic hydroxyl groups is 1. The van der Waals surface area contributed by atoms with Crippen LogP contribution in [0.15, 0.2) is 48.8 Å². The fraction of sp³-hybridized carbons (Fsp3) is 0.381. The first-order valence-corrected chi connectivity index (χ1v) is 9.67. The van der Waals surface area contributed by atoms with Gasteiger partial charge in [0.25, 0.3) is 5.92 Å². The van der Waals surface area contributed by atoms with Crippen LogP contribution in [0.1, 0.15) is 30.4 Å². The van der Waals surface area contributed by atoms with E-state index < -0.39 is 46.1 Å². The number of aliphatic hydroxyl groups is 1. The van der Waals surface area contributed by atoms with Crippen LogP contribution in [0.25, 0.3) is 0 Å². The standard InChI is InChI=1S/C21H18F4N4O2/c22-14-3-6-16(17(23)7-14)20(31,11-29-12-26-27-28-29)21(24,25)19-8-18(9-19,10-19)13-1-4-15(30)5-2-13/h1-7,12,30-31H,8-11H2. The molecular weight excluding hydrogens is 416 g/mol. The zero-order valence-electron chi connectivity index (χ0n) is 16.1. The molecule has 31 heavy (non-hydrogen) atoms. The molecule has 1 atom stereocenters. The summed E-state index contributed by atoms with van der Waals surface area (Å²) in [4.78, 5) is 0. The van der Waals surface area contributed by atoms with Gasteiger partial charge in [-0.15, -0.1) is 5.10 Å². The fourth-order valence-electron chi connectivity index (χ4n) is 5.35. The first-order valence-electron chi connectivity index (χ1n) is 9.67. The molecule has 162 valence electrons. The zero-order valence-corrected chi connectivity index (χ0v) is 16.1. The number of nitrogens with zero attached hydrogens (tertiary/aromatic N) is 4. The summed E-state index contributed by atoms with van der Waals surface area (Å²) in [7, 11) is 0. The van der Waals surface area contributed by atoms with E-state index in [0.29, 0.717) is 6.07 Å². The number of aromatic nitrogens is 4. The Kier molecular flexibility index (Phi) is 4.02. The minimum absolute atomic E-state index is 0.0815. The number of phenolic OH excluding ortho intramolecular Hbond substituents is 1. The third-order valence-corrected chi connectivity index (χ3v) is 6.85. The van der Waals surface area contributed by atoms with Gasteiger partial charge < -0.3 is 10.2 Å². The molecule has 3 aromatic rings. The maximum atomic E-state index is 16.0. The zero-order chi connectivity index (χ0) is 22.1. The molecule has 1 aromatic heterocycles. The minimum atomic E-state index is -3.76. The molecule has 0 saturated heterocycles. The van der Waals surface area contributed by atoms with Gasteiger partial charge in [0, 0.05) is 17.0 Å². The summed E-state index contributed by atoms with van der Waals surface area (Å²) in [5.41, 5.74) is -4.89. The van der Waals surface area contributed by atoms with Crippen LogP contribution in [0.4, 0.5) is 17.6 Å². The summed E-state index contributed by atoms with van der Waals surface area (Å²) in [6.07, 6.45) is 1.33. The topological polar surface area (TPSA) is 84.1 Å². The molecule has 6 nitrogen and oxygen atoms in total. The number of rotatable bonds is 6. The average Bonchev–Trinajstić information content (AvgIpc) is 3.13. The lowest BCUT2D eigenvalue weighted by atomic mass is 9.30. The van der Waals surface area contributed by atoms with Gasteiger partial charge in [0.15, 0.2) is 5.60 Å². The van der Waals surface area contributed by atoms with Gasteiger partial charge in [-0.3, -0.25) is 0 Å². The van der Waals surface area contributed by atoms with Crippen LogP contribution in [0.3, 0.4) is 0 Å². The first kappa shape index (κ1) is 19.9. The molecule has 1 unspecified atom stereocenters. The van der Waals surface area contributed by atoms with Crippen LogP contribution in [0.5, 0.6) is 5.75 Å². The third-order valence-electron chi connectivity index (χ3n) is 6.85. The number of hydrogen-bond donors (Lipinski definition) is 2. The molecule has 0 amide bonds. The molecule has 0 aliphatic heterocycles. The molecule has 1 heterocycles. The average molecular weight is 434 g/mol. The lowest BCUT2D eigenvalue weighted by molar-refractivity contribution is -0.347. The monoisotopic (exact) mass is 434 g/mol. The van der Waals surface area contributed by atoms with E-state index in [1.54, 1.807) is 12.1 Å². The van der Waals surface area contributed by atoms with Crippen molar-refractivity contribution in [2.45, 2.75) is 42.7 Å². The van der Waals surface area contributed by atoms with Crippen LogP contribution >= 0.6 is 0 Å². The smallest absolute Gasteiger partial charge is 0.287 e. The van der Waals surface area contributed by atoms with E-state index in [1.165, 1.54) is 12.1 Å². The van der Waals surface area contributed by atoms with Gasteiger partial charge in [-0.05, 0) is 64.9 Å². The molecule has 2 N–H and O–H groups in total. The summed E-state index contributed by atoms with van der Waals surface area (Å²) in [5, 5.41) is 31.1. The van der Waals surface area contributed by atoms with E-state index in [4.69, 9.17) is 0 Å². The van der Waals surface area contributed by atoms with Crippen molar-refractivity contribution in [3.63, 3.8) is 0 Å².